The van der Waals surface area contributed by atoms with Gasteiger partial charge in [0.1, 0.15) is 0 Å². The lowest BCUT2D eigenvalue weighted by Crippen LogP contribution is -2.08. The van der Waals surface area contributed by atoms with E-state index in [0.717, 1.165) is 30.1 Å². The number of hydrogen-bond acceptors (Lipinski definition) is 2. The van der Waals surface area contributed by atoms with E-state index in [-0.39, 0.29) is 0 Å². The Labute approximate surface area is 84.5 Å². The molecule has 2 saturated carbocycles. The van der Waals surface area contributed by atoms with Crippen LogP contribution in [0.5, 0.6) is 0 Å². The lowest BCUT2D eigenvalue weighted by molar-refractivity contribution is 0.735. The largest absolute Gasteiger partial charge is 0.355 e. The van der Waals surface area contributed by atoms with E-state index in [0.29, 0.717) is 0 Å². The zero-order valence-corrected chi connectivity index (χ0v) is 8.66. The monoisotopic (exact) mass is 191 g/mol. The highest BCUT2D eigenvalue weighted by Gasteiger charge is 2.27. The first-order valence-electron chi connectivity index (χ1n) is 5.62. The summed E-state index contributed by atoms with van der Waals surface area (Å²) in [6.45, 7) is 3.18. The molecule has 3 nitrogen and oxygen atoms in total. The molecule has 0 aromatic carbocycles. The number of aryl methyl sites for hydroxylation is 1. The third-order valence-electron chi connectivity index (χ3n) is 3.04. The first kappa shape index (κ1) is 8.33. The van der Waals surface area contributed by atoms with Gasteiger partial charge >= 0.3 is 0 Å². The van der Waals surface area contributed by atoms with E-state index in [1.54, 1.807) is 0 Å². The summed E-state index contributed by atoms with van der Waals surface area (Å²) in [4.78, 5) is 4.52. The van der Waals surface area contributed by atoms with Crippen LogP contribution in [-0.4, -0.2) is 16.1 Å². The maximum atomic E-state index is 4.52. The fourth-order valence-electron chi connectivity index (χ4n) is 1.84. The Hall–Kier alpha value is -0.990. The molecule has 0 spiro atoms. The summed E-state index contributed by atoms with van der Waals surface area (Å²) in [7, 11) is 0. The van der Waals surface area contributed by atoms with Crippen molar-refractivity contribution in [3.05, 3.63) is 11.9 Å². The number of aromatic nitrogens is 2. The van der Waals surface area contributed by atoms with Gasteiger partial charge in [-0.05, 0) is 38.5 Å². The molecule has 2 aliphatic carbocycles. The van der Waals surface area contributed by atoms with Gasteiger partial charge in [0.05, 0.1) is 5.69 Å². The van der Waals surface area contributed by atoms with Crippen LogP contribution in [0.4, 0.5) is 5.95 Å². The molecule has 3 heteroatoms. The lowest BCUT2D eigenvalue weighted by Gasteiger charge is -2.07. The number of rotatable bonds is 4. The third-order valence-corrected chi connectivity index (χ3v) is 3.04. The molecule has 0 unspecified atom stereocenters. The highest BCUT2D eigenvalue weighted by Crippen LogP contribution is 2.37. The van der Waals surface area contributed by atoms with Crippen LogP contribution in [-0.2, 0) is 0 Å². The first-order chi connectivity index (χ1) is 6.83. The van der Waals surface area contributed by atoms with Crippen molar-refractivity contribution in [3.8, 4) is 0 Å². The molecule has 0 radical (unpaired) electrons. The molecule has 1 heterocycles. The molecule has 1 N–H and O–H groups in total. The maximum Gasteiger partial charge on any atom is 0.203 e. The minimum atomic E-state index is 0.734. The van der Waals surface area contributed by atoms with E-state index in [1.807, 2.05) is 0 Å². The second-order valence-electron chi connectivity index (χ2n) is 4.67. The van der Waals surface area contributed by atoms with E-state index in [4.69, 9.17) is 0 Å². The predicted octanol–water partition coefficient (Wildman–Crippen LogP) is 2.35. The van der Waals surface area contributed by atoms with Gasteiger partial charge < -0.3 is 9.88 Å². The van der Waals surface area contributed by atoms with Crippen LogP contribution in [0.1, 0.15) is 37.4 Å². The summed E-state index contributed by atoms with van der Waals surface area (Å²) in [5.74, 6) is 2.01. The molecule has 2 aliphatic rings. The normalized spacial score (nSPS) is 21.2. The summed E-state index contributed by atoms with van der Waals surface area (Å²) in [6, 6.07) is 0.734. The zero-order chi connectivity index (χ0) is 9.54. The SMILES string of the molecule is Cc1cn(C2CC2)c(NCC2CC2)n1. The Balaban J connectivity index is 1.72. The third kappa shape index (κ3) is 1.63. The zero-order valence-electron chi connectivity index (χ0n) is 8.66. The van der Waals surface area contributed by atoms with Gasteiger partial charge in [-0.15, -0.1) is 0 Å². The Morgan fingerprint density at radius 2 is 2.21 bits per heavy atom. The highest BCUT2D eigenvalue weighted by atomic mass is 15.2. The van der Waals surface area contributed by atoms with E-state index < -0.39 is 0 Å². The van der Waals surface area contributed by atoms with Gasteiger partial charge in [0.25, 0.3) is 0 Å². The quantitative estimate of drug-likeness (QED) is 0.791. The van der Waals surface area contributed by atoms with Crippen molar-refractivity contribution < 1.29 is 0 Å². The van der Waals surface area contributed by atoms with Crippen LogP contribution in [0.15, 0.2) is 6.20 Å². The summed E-state index contributed by atoms with van der Waals surface area (Å²) < 4.78 is 2.32. The van der Waals surface area contributed by atoms with Gasteiger partial charge in [0.2, 0.25) is 5.95 Å². The smallest absolute Gasteiger partial charge is 0.203 e. The molecule has 0 bridgehead atoms. The molecule has 0 amide bonds. The molecular weight excluding hydrogens is 174 g/mol. The molecule has 0 aliphatic heterocycles. The second kappa shape index (κ2) is 3.01. The highest BCUT2D eigenvalue weighted by molar-refractivity contribution is 5.30. The van der Waals surface area contributed by atoms with Crippen molar-refractivity contribution in [2.75, 3.05) is 11.9 Å². The van der Waals surface area contributed by atoms with Crippen LogP contribution in [0.2, 0.25) is 0 Å². The van der Waals surface area contributed by atoms with Crippen molar-refractivity contribution in [2.24, 2.45) is 5.92 Å². The van der Waals surface area contributed by atoms with Gasteiger partial charge in [-0.3, -0.25) is 0 Å². The number of anilines is 1. The average molecular weight is 191 g/mol. The summed E-state index contributed by atoms with van der Waals surface area (Å²) in [5.41, 5.74) is 1.13. The van der Waals surface area contributed by atoms with E-state index in [2.05, 4.69) is 28.0 Å². The molecule has 3 rings (SSSR count). The maximum absolute atomic E-state index is 4.52. The topological polar surface area (TPSA) is 29.9 Å². The first-order valence-corrected chi connectivity index (χ1v) is 5.62. The van der Waals surface area contributed by atoms with Gasteiger partial charge in [-0.25, -0.2) is 4.98 Å². The van der Waals surface area contributed by atoms with Crippen molar-refractivity contribution in [3.63, 3.8) is 0 Å². The van der Waals surface area contributed by atoms with Gasteiger partial charge in [-0.1, -0.05) is 0 Å². The fraction of sp³-hybridized carbons (Fsp3) is 0.727. The Morgan fingerprint density at radius 1 is 1.43 bits per heavy atom. The van der Waals surface area contributed by atoms with Crippen LogP contribution < -0.4 is 5.32 Å². The average Bonchev–Trinajstić information content (AvgIpc) is 3.03. The van der Waals surface area contributed by atoms with Gasteiger partial charge in [0, 0.05) is 18.8 Å². The molecule has 1 aromatic heterocycles. The van der Waals surface area contributed by atoms with Gasteiger partial charge in [-0.2, -0.15) is 0 Å². The molecular formula is C11H17N3. The van der Waals surface area contributed by atoms with E-state index >= 15 is 0 Å². The number of hydrogen-bond donors (Lipinski definition) is 1. The van der Waals surface area contributed by atoms with Crippen LogP contribution in [0.3, 0.4) is 0 Å². The summed E-state index contributed by atoms with van der Waals surface area (Å²) >= 11 is 0. The van der Waals surface area contributed by atoms with Crippen LogP contribution in [0.25, 0.3) is 0 Å². The predicted molar refractivity (Wildman–Crippen MR) is 56.4 cm³/mol. The molecule has 0 atom stereocenters. The Bertz CT molecular complexity index is 334. The van der Waals surface area contributed by atoms with E-state index in [1.165, 1.54) is 25.7 Å². The second-order valence-corrected chi connectivity index (χ2v) is 4.67. The fourth-order valence-corrected chi connectivity index (χ4v) is 1.84. The minimum absolute atomic E-state index is 0.734. The molecule has 0 saturated heterocycles. The number of nitrogens with one attached hydrogen (secondary N) is 1. The molecule has 1 aromatic rings. The van der Waals surface area contributed by atoms with Crippen molar-refractivity contribution in [1.82, 2.24) is 9.55 Å². The number of imidazole rings is 1. The van der Waals surface area contributed by atoms with Crippen LogP contribution in [0, 0.1) is 12.8 Å². The molecule has 76 valence electrons. The number of nitrogens with zero attached hydrogens (tertiary/aromatic N) is 2. The van der Waals surface area contributed by atoms with Crippen molar-refractivity contribution >= 4 is 5.95 Å². The summed E-state index contributed by atoms with van der Waals surface area (Å²) in [6.07, 6.45) is 7.63. The van der Waals surface area contributed by atoms with Crippen molar-refractivity contribution in [2.45, 2.75) is 38.6 Å². The molecule has 14 heavy (non-hydrogen) atoms. The minimum Gasteiger partial charge on any atom is -0.355 e. The van der Waals surface area contributed by atoms with Crippen LogP contribution >= 0.6 is 0 Å². The summed E-state index contributed by atoms with van der Waals surface area (Å²) in [5, 5.41) is 3.47. The van der Waals surface area contributed by atoms with E-state index in [9.17, 15) is 0 Å². The Kier molecular flexibility index (Phi) is 1.79. The van der Waals surface area contributed by atoms with Gasteiger partial charge in [0.15, 0.2) is 0 Å². The Morgan fingerprint density at radius 3 is 2.86 bits per heavy atom. The standard InChI is InChI=1S/C11H17N3/c1-8-7-14(10-4-5-10)11(13-8)12-6-9-2-3-9/h7,9-10H,2-6H2,1H3,(H,12,13). The molecule has 2 fully saturated rings. The van der Waals surface area contributed by atoms with Crippen molar-refractivity contribution in [1.29, 1.82) is 0 Å². The lowest BCUT2D eigenvalue weighted by atomic mass is 10.4.